The highest BCUT2D eigenvalue weighted by atomic mass is 32.2. The Morgan fingerprint density at radius 3 is 2.71 bits per heavy atom. The normalized spacial score (nSPS) is 26.6. The fraction of sp³-hybridized carbons (Fsp3) is 0.500. The van der Waals surface area contributed by atoms with E-state index in [-0.39, 0.29) is 0 Å². The highest BCUT2D eigenvalue weighted by Crippen LogP contribution is 2.47. The molecule has 1 saturated heterocycles. The molecule has 0 nitrogen and oxygen atoms in total. The SMILES string of the molecule is CSC1(Cc2ccccc2)CCCS1. The lowest BCUT2D eigenvalue weighted by molar-refractivity contribution is 0.733. The lowest BCUT2D eigenvalue weighted by atomic mass is 10.1. The van der Waals surface area contributed by atoms with E-state index in [1.165, 1.54) is 30.6 Å². The summed E-state index contributed by atoms with van der Waals surface area (Å²) >= 11 is 4.19. The van der Waals surface area contributed by atoms with Gasteiger partial charge in [-0.05, 0) is 36.8 Å². The van der Waals surface area contributed by atoms with Crippen LogP contribution in [0.3, 0.4) is 0 Å². The quantitative estimate of drug-likeness (QED) is 0.765. The van der Waals surface area contributed by atoms with Crippen molar-refractivity contribution in [2.45, 2.75) is 23.3 Å². The van der Waals surface area contributed by atoms with Gasteiger partial charge in [-0.3, -0.25) is 0 Å². The Hall–Kier alpha value is -0.0800. The van der Waals surface area contributed by atoms with Crippen molar-refractivity contribution in [2.75, 3.05) is 12.0 Å². The van der Waals surface area contributed by atoms with E-state index in [1.807, 2.05) is 11.8 Å². The molecule has 1 heterocycles. The molecule has 1 aliphatic rings. The Kier molecular flexibility index (Phi) is 3.45. The number of thioether (sulfide) groups is 2. The van der Waals surface area contributed by atoms with E-state index < -0.39 is 0 Å². The second-order valence-electron chi connectivity index (χ2n) is 3.73. The van der Waals surface area contributed by atoms with Crippen molar-refractivity contribution in [2.24, 2.45) is 0 Å². The molecule has 0 radical (unpaired) electrons. The molecule has 1 unspecified atom stereocenters. The Morgan fingerprint density at radius 2 is 2.14 bits per heavy atom. The molecule has 1 fully saturated rings. The van der Waals surface area contributed by atoms with E-state index in [0.29, 0.717) is 4.08 Å². The number of benzene rings is 1. The molecule has 1 atom stereocenters. The van der Waals surface area contributed by atoms with Crippen LogP contribution < -0.4 is 0 Å². The van der Waals surface area contributed by atoms with E-state index in [1.54, 1.807) is 0 Å². The predicted octanol–water partition coefficient (Wildman–Crippen LogP) is 3.82. The molecular weight excluding hydrogens is 208 g/mol. The van der Waals surface area contributed by atoms with Gasteiger partial charge in [0.25, 0.3) is 0 Å². The summed E-state index contributed by atoms with van der Waals surface area (Å²) in [6.45, 7) is 0. The maximum absolute atomic E-state index is 2.25. The molecule has 2 rings (SSSR count). The van der Waals surface area contributed by atoms with Gasteiger partial charge in [0.05, 0.1) is 4.08 Å². The molecule has 14 heavy (non-hydrogen) atoms. The zero-order valence-corrected chi connectivity index (χ0v) is 10.2. The van der Waals surface area contributed by atoms with Crippen LogP contribution in [0.5, 0.6) is 0 Å². The first kappa shape index (κ1) is 10.4. The zero-order chi connectivity index (χ0) is 9.86. The highest BCUT2D eigenvalue weighted by molar-refractivity contribution is 8.18. The maximum atomic E-state index is 2.25. The molecule has 0 N–H and O–H groups in total. The summed E-state index contributed by atoms with van der Waals surface area (Å²) in [7, 11) is 0. The topological polar surface area (TPSA) is 0 Å². The zero-order valence-electron chi connectivity index (χ0n) is 8.53. The lowest BCUT2D eigenvalue weighted by Crippen LogP contribution is -2.18. The van der Waals surface area contributed by atoms with E-state index in [2.05, 4.69) is 48.3 Å². The highest BCUT2D eigenvalue weighted by Gasteiger charge is 2.33. The third-order valence-corrected chi connectivity index (χ3v) is 6.07. The molecule has 0 amide bonds. The average Bonchev–Trinajstić information content (AvgIpc) is 2.69. The van der Waals surface area contributed by atoms with E-state index in [0.717, 1.165) is 0 Å². The fourth-order valence-electron chi connectivity index (χ4n) is 1.95. The number of rotatable bonds is 3. The molecular formula is C12H16S2. The van der Waals surface area contributed by atoms with Crippen molar-refractivity contribution < 1.29 is 0 Å². The second-order valence-corrected chi connectivity index (χ2v) is 6.66. The smallest absolute Gasteiger partial charge is 0.0648 e. The van der Waals surface area contributed by atoms with E-state index >= 15 is 0 Å². The molecule has 0 saturated carbocycles. The van der Waals surface area contributed by atoms with Crippen LogP contribution >= 0.6 is 23.5 Å². The van der Waals surface area contributed by atoms with Crippen molar-refractivity contribution in [3.63, 3.8) is 0 Å². The summed E-state index contributed by atoms with van der Waals surface area (Å²) in [5.41, 5.74) is 1.48. The third kappa shape index (κ3) is 2.29. The molecule has 0 aromatic heterocycles. The van der Waals surface area contributed by atoms with Crippen molar-refractivity contribution in [3.8, 4) is 0 Å². The van der Waals surface area contributed by atoms with Gasteiger partial charge in [0.2, 0.25) is 0 Å². The van der Waals surface area contributed by atoms with Crippen LogP contribution in [0.2, 0.25) is 0 Å². The summed E-state index contributed by atoms with van der Waals surface area (Å²) < 4.78 is 0.474. The molecule has 76 valence electrons. The van der Waals surface area contributed by atoms with Crippen LogP contribution in [-0.2, 0) is 6.42 Å². The van der Waals surface area contributed by atoms with Crippen molar-refractivity contribution in [3.05, 3.63) is 35.9 Å². The van der Waals surface area contributed by atoms with Crippen molar-refractivity contribution in [1.82, 2.24) is 0 Å². The molecule has 2 heteroatoms. The Bertz CT molecular complexity index is 276. The minimum Gasteiger partial charge on any atom is -0.147 e. The monoisotopic (exact) mass is 224 g/mol. The van der Waals surface area contributed by atoms with Gasteiger partial charge in [-0.2, -0.15) is 0 Å². The second kappa shape index (κ2) is 4.63. The molecule has 0 spiro atoms. The maximum Gasteiger partial charge on any atom is 0.0648 e. The third-order valence-electron chi connectivity index (χ3n) is 2.76. The molecule has 1 aromatic rings. The number of hydrogen-bond acceptors (Lipinski definition) is 2. The summed E-state index contributed by atoms with van der Waals surface area (Å²) in [5.74, 6) is 1.34. The Balaban J connectivity index is 2.08. The first-order valence-corrected chi connectivity index (χ1v) is 7.29. The van der Waals surface area contributed by atoms with Crippen LogP contribution in [0.25, 0.3) is 0 Å². The van der Waals surface area contributed by atoms with Gasteiger partial charge >= 0.3 is 0 Å². The van der Waals surface area contributed by atoms with Crippen LogP contribution in [-0.4, -0.2) is 16.1 Å². The number of hydrogen-bond donors (Lipinski definition) is 0. The summed E-state index contributed by atoms with van der Waals surface area (Å²) in [6.07, 6.45) is 6.23. The van der Waals surface area contributed by atoms with Crippen LogP contribution in [0.15, 0.2) is 30.3 Å². The molecule has 0 bridgehead atoms. The van der Waals surface area contributed by atoms with Gasteiger partial charge in [0, 0.05) is 0 Å². The average molecular weight is 224 g/mol. The largest absolute Gasteiger partial charge is 0.147 e. The summed E-state index contributed by atoms with van der Waals surface area (Å²) in [6, 6.07) is 10.9. The van der Waals surface area contributed by atoms with Gasteiger partial charge < -0.3 is 0 Å². The van der Waals surface area contributed by atoms with Crippen molar-refractivity contribution in [1.29, 1.82) is 0 Å². The fourth-order valence-corrected chi connectivity index (χ4v) is 4.55. The molecule has 1 aromatic carbocycles. The van der Waals surface area contributed by atoms with Gasteiger partial charge in [0.1, 0.15) is 0 Å². The predicted molar refractivity (Wildman–Crippen MR) is 68.1 cm³/mol. The first-order chi connectivity index (χ1) is 6.85. The van der Waals surface area contributed by atoms with Gasteiger partial charge in [-0.25, -0.2) is 0 Å². The van der Waals surface area contributed by atoms with E-state index in [4.69, 9.17) is 0 Å². The van der Waals surface area contributed by atoms with Crippen LogP contribution in [0.4, 0.5) is 0 Å². The van der Waals surface area contributed by atoms with Gasteiger partial charge in [-0.15, -0.1) is 23.5 Å². The van der Waals surface area contributed by atoms with Gasteiger partial charge in [-0.1, -0.05) is 30.3 Å². The molecule has 0 aliphatic carbocycles. The molecule has 1 aliphatic heterocycles. The summed E-state index contributed by atoms with van der Waals surface area (Å²) in [4.78, 5) is 0. The summed E-state index contributed by atoms with van der Waals surface area (Å²) in [5, 5.41) is 0. The lowest BCUT2D eigenvalue weighted by Gasteiger charge is -2.25. The Labute approximate surface area is 94.9 Å². The Morgan fingerprint density at radius 1 is 1.36 bits per heavy atom. The standard InChI is InChI=1S/C12H16S2/c1-13-12(8-5-9-14-12)10-11-6-3-2-4-7-11/h2-4,6-7H,5,8-10H2,1H3. The van der Waals surface area contributed by atoms with E-state index in [9.17, 15) is 0 Å². The van der Waals surface area contributed by atoms with Gasteiger partial charge in [0.15, 0.2) is 0 Å². The first-order valence-electron chi connectivity index (χ1n) is 5.08. The van der Waals surface area contributed by atoms with Crippen molar-refractivity contribution >= 4 is 23.5 Å². The minimum atomic E-state index is 0.474. The minimum absolute atomic E-state index is 0.474. The van der Waals surface area contributed by atoms with Crippen LogP contribution in [0, 0.1) is 0 Å². The van der Waals surface area contributed by atoms with Crippen LogP contribution in [0.1, 0.15) is 18.4 Å².